The first-order valence-corrected chi connectivity index (χ1v) is 14.3. The van der Waals surface area contributed by atoms with E-state index < -0.39 is 15.7 Å². The van der Waals surface area contributed by atoms with Crippen LogP contribution < -0.4 is 16.6 Å². The Morgan fingerprint density at radius 3 is 2.38 bits per heavy atom. The van der Waals surface area contributed by atoms with Crippen molar-refractivity contribution in [1.82, 2.24) is 9.13 Å². The van der Waals surface area contributed by atoms with Crippen molar-refractivity contribution in [3.63, 3.8) is 0 Å². The maximum Gasteiger partial charge on any atom is 0.274 e. The van der Waals surface area contributed by atoms with Crippen molar-refractivity contribution < 1.29 is 13.2 Å². The van der Waals surface area contributed by atoms with Gasteiger partial charge in [-0.05, 0) is 41.7 Å². The van der Waals surface area contributed by atoms with Crippen LogP contribution in [0.25, 0.3) is 22.0 Å². The third kappa shape index (κ3) is 4.55. The van der Waals surface area contributed by atoms with Crippen LogP contribution in [0.2, 0.25) is 0 Å². The van der Waals surface area contributed by atoms with Crippen molar-refractivity contribution in [1.29, 1.82) is 0 Å². The molecule has 2 aromatic carbocycles. The highest BCUT2D eigenvalue weighted by Crippen LogP contribution is 2.40. The molecule has 1 amide bonds. The number of benzene rings is 2. The maximum atomic E-state index is 13.5. The zero-order chi connectivity index (χ0) is 26.5. The fourth-order valence-electron chi connectivity index (χ4n) is 5.28. The summed E-state index contributed by atoms with van der Waals surface area (Å²) in [6, 6.07) is 13.8. The maximum absolute atomic E-state index is 13.5. The van der Waals surface area contributed by atoms with Gasteiger partial charge in [0.2, 0.25) is 0 Å². The van der Waals surface area contributed by atoms with Gasteiger partial charge in [-0.15, -0.1) is 0 Å². The number of carbonyl (C=O) groups excluding carboxylic acids is 1. The summed E-state index contributed by atoms with van der Waals surface area (Å²) in [5.41, 5.74) is 12.5. The largest absolute Gasteiger partial charge is 0.380 e. The van der Waals surface area contributed by atoms with Crippen LogP contribution in [0, 0.1) is 0 Å². The molecular formula is C28H30N4O4S. The number of rotatable bonds is 7. The minimum absolute atomic E-state index is 0.0909. The predicted molar refractivity (Wildman–Crippen MR) is 147 cm³/mol. The molecule has 37 heavy (non-hydrogen) atoms. The van der Waals surface area contributed by atoms with Gasteiger partial charge in [0.15, 0.2) is 9.84 Å². The fourth-order valence-corrected chi connectivity index (χ4v) is 6.06. The number of anilines is 1. The van der Waals surface area contributed by atoms with Crippen LogP contribution in [0.3, 0.4) is 0 Å². The quantitative estimate of drug-likeness (QED) is 0.389. The van der Waals surface area contributed by atoms with Crippen LogP contribution in [0.4, 0.5) is 5.69 Å². The van der Waals surface area contributed by atoms with Gasteiger partial charge < -0.3 is 20.2 Å². The molecule has 2 aromatic heterocycles. The first-order chi connectivity index (χ1) is 17.6. The molecule has 0 saturated heterocycles. The second kappa shape index (κ2) is 9.23. The number of hydrogen-bond acceptors (Lipinski definition) is 5. The molecule has 0 aliphatic carbocycles. The Hall–Kier alpha value is -3.85. The Morgan fingerprint density at radius 1 is 1.05 bits per heavy atom. The fraction of sp³-hybridized carbons (Fsp3) is 0.286. The molecule has 192 valence electrons. The lowest BCUT2D eigenvalue weighted by Gasteiger charge is -2.15. The number of sulfone groups is 1. The van der Waals surface area contributed by atoms with E-state index in [-0.39, 0.29) is 11.3 Å². The van der Waals surface area contributed by atoms with Gasteiger partial charge in [-0.2, -0.15) is 0 Å². The third-order valence-corrected chi connectivity index (χ3v) is 7.88. The first-order valence-electron chi connectivity index (χ1n) is 12.2. The monoisotopic (exact) mass is 518 g/mol. The topological polar surface area (TPSA) is 116 Å². The highest BCUT2D eigenvalue weighted by molar-refractivity contribution is 7.89. The lowest BCUT2D eigenvalue weighted by atomic mass is 9.99. The highest BCUT2D eigenvalue weighted by Gasteiger charge is 2.29. The van der Waals surface area contributed by atoms with Crippen molar-refractivity contribution >= 4 is 32.3 Å². The zero-order valence-corrected chi connectivity index (χ0v) is 22.0. The lowest BCUT2D eigenvalue weighted by molar-refractivity contribution is 0.0991. The summed E-state index contributed by atoms with van der Waals surface area (Å²) in [6.07, 6.45) is 4.54. The van der Waals surface area contributed by atoms with E-state index in [0.717, 1.165) is 28.8 Å². The minimum Gasteiger partial charge on any atom is -0.380 e. The molecule has 3 heterocycles. The van der Waals surface area contributed by atoms with Crippen molar-refractivity contribution in [2.45, 2.75) is 38.6 Å². The molecule has 0 bridgehead atoms. The Bertz CT molecular complexity index is 1710. The van der Waals surface area contributed by atoms with Crippen molar-refractivity contribution in [2.75, 3.05) is 11.6 Å². The molecule has 9 heteroatoms. The number of fused-ring (bicyclic) bond motifs is 2. The molecule has 4 aromatic rings. The van der Waals surface area contributed by atoms with Gasteiger partial charge in [0, 0.05) is 60.4 Å². The van der Waals surface area contributed by atoms with E-state index in [9.17, 15) is 18.0 Å². The summed E-state index contributed by atoms with van der Waals surface area (Å²) in [6.45, 7) is 2.83. The second-order valence-electron chi connectivity index (χ2n) is 9.75. The first kappa shape index (κ1) is 24.8. The standard InChI is InChI=1S/C28H30N4O4S/c1-4-17-5-7-18(8-6-17)11-12-32-25(27(29)33)21-14-30-23-10-9-19(16-37(3,35)36)13-20(23)22-15-31(2)28(34)26(32)24(21)22/h5-10,13,15,30H,4,11-12,14,16H2,1-3H3,(H2,29,33). The Balaban J connectivity index is 1.72. The normalized spacial score (nSPS) is 12.7. The molecule has 0 saturated carbocycles. The number of pyridine rings is 1. The number of carbonyl (C=O) groups is 1. The molecule has 0 radical (unpaired) electrons. The Labute approximate surface area is 215 Å². The second-order valence-corrected chi connectivity index (χ2v) is 11.9. The van der Waals surface area contributed by atoms with Crippen molar-refractivity contribution in [3.8, 4) is 11.1 Å². The van der Waals surface area contributed by atoms with E-state index in [4.69, 9.17) is 5.73 Å². The minimum atomic E-state index is -3.23. The van der Waals surface area contributed by atoms with E-state index in [2.05, 4.69) is 36.5 Å². The average Bonchev–Trinajstić information content (AvgIpc) is 3.10. The molecule has 0 fully saturated rings. The molecule has 0 unspecified atom stereocenters. The molecule has 8 nitrogen and oxygen atoms in total. The summed E-state index contributed by atoms with van der Waals surface area (Å²) in [5, 5.41) is 4.06. The number of nitrogens with zero attached hydrogens (tertiary/aromatic N) is 2. The molecule has 0 spiro atoms. The van der Waals surface area contributed by atoms with Gasteiger partial charge in [-0.1, -0.05) is 37.3 Å². The van der Waals surface area contributed by atoms with Crippen LogP contribution >= 0.6 is 0 Å². The van der Waals surface area contributed by atoms with Gasteiger partial charge >= 0.3 is 0 Å². The van der Waals surface area contributed by atoms with E-state index in [1.807, 2.05) is 12.1 Å². The van der Waals surface area contributed by atoms with Crippen LogP contribution in [-0.2, 0) is 48.6 Å². The van der Waals surface area contributed by atoms with Gasteiger partial charge in [-0.3, -0.25) is 9.59 Å². The summed E-state index contributed by atoms with van der Waals surface area (Å²) >= 11 is 0. The van der Waals surface area contributed by atoms with Gasteiger partial charge in [0.05, 0.1) is 5.75 Å². The van der Waals surface area contributed by atoms with Crippen LogP contribution in [0.15, 0.2) is 53.5 Å². The number of amides is 1. The van der Waals surface area contributed by atoms with Crippen molar-refractivity contribution in [2.24, 2.45) is 12.8 Å². The summed E-state index contributed by atoms with van der Waals surface area (Å²) in [7, 11) is -1.55. The Kier molecular flexibility index (Phi) is 6.19. The number of aromatic nitrogens is 2. The smallest absolute Gasteiger partial charge is 0.274 e. The van der Waals surface area contributed by atoms with Gasteiger partial charge in [-0.25, -0.2) is 8.42 Å². The van der Waals surface area contributed by atoms with Crippen molar-refractivity contribution in [3.05, 3.63) is 87.0 Å². The predicted octanol–water partition coefficient (Wildman–Crippen LogP) is 3.38. The van der Waals surface area contributed by atoms with Gasteiger partial charge in [0.1, 0.15) is 11.2 Å². The molecular weight excluding hydrogens is 488 g/mol. The zero-order valence-electron chi connectivity index (χ0n) is 21.2. The van der Waals surface area contributed by atoms with Crippen LogP contribution in [0.5, 0.6) is 0 Å². The SMILES string of the molecule is CCc1ccc(CCn2c(C(N)=O)c3c4c(cn(C)c(=O)c42)-c2cc(CS(C)(=O)=O)ccc2NC3)cc1. The number of aryl methyl sites for hydroxylation is 4. The molecule has 5 rings (SSSR count). The average molecular weight is 519 g/mol. The number of primary amides is 1. The van der Waals surface area contributed by atoms with Crippen LogP contribution in [-0.4, -0.2) is 29.7 Å². The molecule has 3 N–H and O–H groups in total. The van der Waals surface area contributed by atoms with E-state index in [1.54, 1.807) is 23.9 Å². The lowest BCUT2D eigenvalue weighted by Crippen LogP contribution is -2.23. The molecule has 1 aliphatic rings. The van der Waals surface area contributed by atoms with Crippen LogP contribution in [0.1, 0.15) is 39.7 Å². The number of hydrogen-bond donors (Lipinski definition) is 2. The summed E-state index contributed by atoms with van der Waals surface area (Å²) in [4.78, 5) is 26.3. The van der Waals surface area contributed by atoms with E-state index in [1.165, 1.54) is 16.4 Å². The highest BCUT2D eigenvalue weighted by atomic mass is 32.2. The molecule has 0 atom stereocenters. The number of nitrogens with two attached hydrogens (primary N) is 1. The van der Waals surface area contributed by atoms with E-state index >= 15 is 0 Å². The Morgan fingerprint density at radius 2 is 1.73 bits per heavy atom. The number of nitrogens with one attached hydrogen (secondary N) is 1. The summed E-state index contributed by atoms with van der Waals surface area (Å²) in [5.74, 6) is -0.682. The van der Waals surface area contributed by atoms with E-state index in [0.29, 0.717) is 47.2 Å². The van der Waals surface area contributed by atoms with Gasteiger partial charge in [0.25, 0.3) is 11.5 Å². The third-order valence-electron chi connectivity index (χ3n) is 7.03. The summed E-state index contributed by atoms with van der Waals surface area (Å²) < 4.78 is 27.2. The molecule has 1 aliphatic heterocycles.